The zero-order valence-electron chi connectivity index (χ0n) is 13.2. The van der Waals surface area contributed by atoms with E-state index in [4.69, 9.17) is 9.47 Å². The van der Waals surface area contributed by atoms with Gasteiger partial charge in [0.25, 0.3) is 5.91 Å². The highest BCUT2D eigenvalue weighted by Crippen LogP contribution is 2.15. The largest absolute Gasteiger partial charge is 0.491 e. The van der Waals surface area contributed by atoms with Crippen molar-refractivity contribution in [3.8, 4) is 11.5 Å². The van der Waals surface area contributed by atoms with Crippen LogP contribution in [0.1, 0.15) is 19.4 Å². The zero-order chi connectivity index (χ0) is 16.7. The Kier molecular flexibility index (Phi) is 5.97. The molecule has 0 heterocycles. The second-order valence-electron chi connectivity index (χ2n) is 5.31. The molecule has 23 heavy (non-hydrogen) atoms. The third-order valence-corrected chi connectivity index (χ3v) is 2.98. The second kappa shape index (κ2) is 8.17. The minimum absolute atomic E-state index is 0.0674. The summed E-state index contributed by atoms with van der Waals surface area (Å²) in [7, 11) is 0. The predicted molar refractivity (Wildman–Crippen MR) is 85.9 cm³/mol. The molecular formula is C18H20FNO3. The molecular weight excluding hydrogens is 297 g/mol. The van der Waals surface area contributed by atoms with Crippen LogP contribution < -0.4 is 14.8 Å². The van der Waals surface area contributed by atoms with Crippen LogP contribution in [0.4, 0.5) is 4.39 Å². The maximum absolute atomic E-state index is 13.4. The van der Waals surface area contributed by atoms with Gasteiger partial charge in [0.2, 0.25) is 0 Å². The number of para-hydroxylation sites is 1. The molecule has 1 amide bonds. The molecule has 2 rings (SSSR count). The first-order valence-electron chi connectivity index (χ1n) is 7.44. The second-order valence-corrected chi connectivity index (χ2v) is 5.31. The van der Waals surface area contributed by atoms with Crippen molar-refractivity contribution in [2.24, 2.45) is 0 Å². The average Bonchev–Trinajstić information content (AvgIpc) is 2.53. The summed E-state index contributed by atoms with van der Waals surface area (Å²) in [5.74, 6) is 0.0626. The van der Waals surface area contributed by atoms with Gasteiger partial charge in [-0.25, -0.2) is 4.39 Å². The molecule has 0 radical (unpaired) electrons. The van der Waals surface area contributed by atoms with Gasteiger partial charge in [-0.05, 0) is 43.7 Å². The fraction of sp³-hybridized carbons (Fsp3) is 0.278. The van der Waals surface area contributed by atoms with Gasteiger partial charge >= 0.3 is 0 Å². The maximum Gasteiger partial charge on any atom is 0.258 e. The maximum atomic E-state index is 13.4. The molecule has 0 unspecified atom stereocenters. The average molecular weight is 317 g/mol. The molecule has 0 spiro atoms. The highest BCUT2D eigenvalue weighted by molar-refractivity contribution is 5.77. The fourth-order valence-electron chi connectivity index (χ4n) is 1.91. The number of rotatable bonds is 7. The summed E-state index contributed by atoms with van der Waals surface area (Å²) in [6.45, 7) is 4.07. The summed E-state index contributed by atoms with van der Waals surface area (Å²) in [6.07, 6.45) is 0.121. The van der Waals surface area contributed by atoms with Crippen molar-refractivity contribution in [3.05, 3.63) is 59.9 Å². The van der Waals surface area contributed by atoms with Gasteiger partial charge in [-0.3, -0.25) is 4.79 Å². The minimum Gasteiger partial charge on any atom is -0.491 e. The highest BCUT2D eigenvalue weighted by atomic mass is 19.1. The van der Waals surface area contributed by atoms with E-state index in [0.29, 0.717) is 6.54 Å². The van der Waals surface area contributed by atoms with E-state index in [0.717, 1.165) is 11.3 Å². The van der Waals surface area contributed by atoms with Gasteiger partial charge < -0.3 is 14.8 Å². The van der Waals surface area contributed by atoms with Crippen LogP contribution in [0.2, 0.25) is 0 Å². The molecule has 122 valence electrons. The third kappa shape index (κ3) is 5.62. The van der Waals surface area contributed by atoms with E-state index < -0.39 is 5.82 Å². The first kappa shape index (κ1) is 16.8. The van der Waals surface area contributed by atoms with E-state index in [1.807, 2.05) is 38.1 Å². The minimum atomic E-state index is -0.485. The number of nitrogens with one attached hydrogen (secondary N) is 1. The van der Waals surface area contributed by atoms with Crippen LogP contribution in [0.3, 0.4) is 0 Å². The van der Waals surface area contributed by atoms with E-state index in [1.54, 1.807) is 12.1 Å². The molecule has 0 atom stereocenters. The number of ether oxygens (including phenoxy) is 2. The normalized spacial score (nSPS) is 10.4. The smallest absolute Gasteiger partial charge is 0.258 e. The Labute approximate surface area is 135 Å². The predicted octanol–water partition coefficient (Wildman–Crippen LogP) is 3.31. The van der Waals surface area contributed by atoms with Crippen LogP contribution in [0.15, 0.2) is 48.5 Å². The number of halogens is 1. The Morgan fingerprint density at radius 3 is 2.48 bits per heavy atom. The lowest BCUT2D eigenvalue weighted by Gasteiger charge is -2.11. The SMILES string of the molecule is CC(C)Oc1ccc(CNC(=O)COc2ccccc2F)cc1. The van der Waals surface area contributed by atoms with E-state index in [1.165, 1.54) is 12.1 Å². The van der Waals surface area contributed by atoms with Gasteiger partial charge in [0, 0.05) is 6.54 Å². The van der Waals surface area contributed by atoms with E-state index >= 15 is 0 Å². The molecule has 0 bridgehead atoms. The molecule has 0 aromatic heterocycles. The Hall–Kier alpha value is -2.56. The standard InChI is InChI=1S/C18H20FNO3/c1-13(2)23-15-9-7-14(8-10-15)11-20-18(21)12-22-17-6-4-3-5-16(17)19/h3-10,13H,11-12H2,1-2H3,(H,20,21). The molecule has 0 aliphatic carbocycles. The zero-order valence-corrected chi connectivity index (χ0v) is 13.2. The van der Waals surface area contributed by atoms with Crippen LogP contribution in [-0.2, 0) is 11.3 Å². The van der Waals surface area contributed by atoms with E-state index in [2.05, 4.69) is 5.32 Å². The van der Waals surface area contributed by atoms with Crippen LogP contribution in [0, 0.1) is 5.82 Å². The molecule has 0 saturated carbocycles. The van der Waals surface area contributed by atoms with Crippen molar-refractivity contribution < 1.29 is 18.7 Å². The lowest BCUT2D eigenvalue weighted by molar-refractivity contribution is -0.123. The van der Waals surface area contributed by atoms with Crippen molar-refractivity contribution in [2.75, 3.05) is 6.61 Å². The number of benzene rings is 2. The first-order valence-corrected chi connectivity index (χ1v) is 7.44. The molecule has 5 heteroatoms. The molecule has 0 aliphatic rings. The van der Waals surface area contributed by atoms with Gasteiger partial charge in [-0.15, -0.1) is 0 Å². The monoisotopic (exact) mass is 317 g/mol. The lowest BCUT2D eigenvalue weighted by Crippen LogP contribution is -2.28. The lowest BCUT2D eigenvalue weighted by atomic mass is 10.2. The van der Waals surface area contributed by atoms with Gasteiger partial charge in [0.05, 0.1) is 6.10 Å². The van der Waals surface area contributed by atoms with Crippen LogP contribution in [-0.4, -0.2) is 18.6 Å². The summed E-state index contributed by atoms with van der Waals surface area (Å²) in [5.41, 5.74) is 0.945. The molecule has 2 aromatic rings. The number of amides is 1. The summed E-state index contributed by atoms with van der Waals surface area (Å²) in [4.78, 5) is 11.7. The third-order valence-electron chi connectivity index (χ3n) is 2.98. The Bertz CT molecular complexity index is 641. The van der Waals surface area contributed by atoms with Gasteiger partial charge in [0.15, 0.2) is 18.2 Å². The molecule has 1 N–H and O–H groups in total. The highest BCUT2D eigenvalue weighted by Gasteiger charge is 2.06. The summed E-state index contributed by atoms with van der Waals surface area (Å²) in [6, 6.07) is 13.5. The van der Waals surface area contributed by atoms with Gasteiger partial charge in [-0.2, -0.15) is 0 Å². The van der Waals surface area contributed by atoms with Crippen molar-refractivity contribution in [3.63, 3.8) is 0 Å². The number of carbonyl (C=O) groups is 1. The van der Waals surface area contributed by atoms with Gasteiger partial charge in [0.1, 0.15) is 5.75 Å². The Balaban J connectivity index is 1.77. The summed E-state index contributed by atoms with van der Waals surface area (Å²) < 4.78 is 24.0. The Morgan fingerprint density at radius 2 is 1.83 bits per heavy atom. The van der Waals surface area contributed by atoms with E-state index in [-0.39, 0.29) is 24.4 Å². The molecule has 0 aliphatic heterocycles. The number of carbonyl (C=O) groups excluding carboxylic acids is 1. The van der Waals surface area contributed by atoms with Gasteiger partial charge in [-0.1, -0.05) is 24.3 Å². The summed E-state index contributed by atoms with van der Waals surface area (Å²) >= 11 is 0. The van der Waals surface area contributed by atoms with Crippen molar-refractivity contribution >= 4 is 5.91 Å². The van der Waals surface area contributed by atoms with Crippen molar-refractivity contribution in [1.82, 2.24) is 5.32 Å². The fourth-order valence-corrected chi connectivity index (χ4v) is 1.91. The Morgan fingerprint density at radius 1 is 1.13 bits per heavy atom. The van der Waals surface area contributed by atoms with Crippen LogP contribution >= 0.6 is 0 Å². The first-order chi connectivity index (χ1) is 11.0. The topological polar surface area (TPSA) is 47.6 Å². The van der Waals surface area contributed by atoms with Crippen molar-refractivity contribution in [1.29, 1.82) is 0 Å². The number of hydrogen-bond donors (Lipinski definition) is 1. The van der Waals surface area contributed by atoms with Crippen LogP contribution in [0.5, 0.6) is 11.5 Å². The quantitative estimate of drug-likeness (QED) is 0.852. The molecule has 4 nitrogen and oxygen atoms in total. The van der Waals surface area contributed by atoms with Crippen LogP contribution in [0.25, 0.3) is 0 Å². The number of hydrogen-bond acceptors (Lipinski definition) is 3. The summed E-state index contributed by atoms with van der Waals surface area (Å²) in [5, 5.41) is 2.72. The van der Waals surface area contributed by atoms with Crippen molar-refractivity contribution in [2.45, 2.75) is 26.5 Å². The van der Waals surface area contributed by atoms with E-state index in [9.17, 15) is 9.18 Å². The molecule has 2 aromatic carbocycles. The molecule has 0 fully saturated rings. The molecule has 0 saturated heterocycles.